The Hall–Kier alpha value is -12.8. The first kappa shape index (κ1) is 77.0. The van der Waals surface area contributed by atoms with E-state index >= 15 is 0 Å². The zero-order valence-electron chi connectivity index (χ0n) is 76.3. The zero-order valence-corrected chi connectivity index (χ0v) is 76.3. The highest BCUT2D eigenvalue weighted by atomic mass is 15.2. The molecule has 0 bridgehead atoms. The second kappa shape index (κ2) is 25.9. The Kier molecular flexibility index (Phi) is 16.0. The average molecular weight is 1620 g/mol. The minimum atomic E-state index is -0.352. The van der Waals surface area contributed by atoms with Crippen molar-refractivity contribution in [3.63, 3.8) is 0 Å². The van der Waals surface area contributed by atoms with Crippen LogP contribution in [0.5, 0.6) is 0 Å². The Morgan fingerprint density at radius 1 is 0.200 bits per heavy atom. The molecule has 7 heteroatoms. The van der Waals surface area contributed by atoms with Crippen molar-refractivity contribution in [1.29, 1.82) is 0 Å². The molecule has 23 rings (SSSR count). The molecule has 0 spiro atoms. The number of fused-ring (bicyclic) bond motifs is 22. The molecular weight excluding hydrogens is 1510 g/mol. The van der Waals surface area contributed by atoms with Crippen molar-refractivity contribution in [2.75, 3.05) is 9.80 Å². The molecule has 0 amide bonds. The zero-order chi connectivity index (χ0) is 86.5. The number of hydrogen-bond donors (Lipinski definition) is 0. The highest BCUT2D eigenvalue weighted by Crippen LogP contribution is 2.55. The highest BCUT2D eigenvalue weighted by Gasteiger charge is 2.46. The van der Waals surface area contributed by atoms with Gasteiger partial charge in [-0.1, -0.05) is 267 Å². The van der Waals surface area contributed by atoms with E-state index in [1.807, 2.05) is 0 Å². The lowest BCUT2D eigenvalue weighted by molar-refractivity contribution is 0.590. The van der Waals surface area contributed by atoms with E-state index in [2.05, 4.69) is 452 Å². The lowest BCUT2D eigenvalue weighted by Crippen LogP contribution is -2.61. The second-order valence-electron chi connectivity index (χ2n) is 43.9. The first-order valence-electron chi connectivity index (χ1n) is 45.3. The molecule has 21 aromatic rings. The molecule has 6 nitrogen and oxygen atoms in total. The SMILES string of the molecule is CC(C)(C)c1ccc(N2c3cc(-n4c5ccc(C(C)(C)C)cc5c5cc(C(C)(C)C)ccc54)ccc3B3c4ccc(-n5c6ccc(C(C)(C)C)cc6c6cc(C(C)(C)C)ccc65)cc4N(c4ccc(C(C)(C)C)cc4-c4cc5c6ccccc6n6c7ccccc7c(c4)c56)c4cc(C(C)(C)C)cc2c43)c(-c2cc3c4ccccc4n4c5ccccc5c(c2)c34)c1. The molecule has 2 aliphatic rings. The van der Waals surface area contributed by atoms with E-state index in [4.69, 9.17) is 0 Å². The van der Waals surface area contributed by atoms with Crippen LogP contribution in [0.1, 0.15) is 184 Å². The van der Waals surface area contributed by atoms with Gasteiger partial charge in [-0.2, -0.15) is 0 Å². The van der Waals surface area contributed by atoms with Gasteiger partial charge in [-0.05, 0) is 262 Å². The third-order valence-electron chi connectivity index (χ3n) is 28.7. The van der Waals surface area contributed by atoms with Crippen LogP contribution in [0, 0.1) is 0 Å². The summed E-state index contributed by atoms with van der Waals surface area (Å²) in [4.78, 5) is 5.52. The summed E-state index contributed by atoms with van der Waals surface area (Å²) in [6, 6.07) is 111. The van der Waals surface area contributed by atoms with E-state index in [1.165, 1.54) is 209 Å². The fourth-order valence-electron chi connectivity index (χ4n) is 21.7. The van der Waals surface area contributed by atoms with Gasteiger partial charge >= 0.3 is 0 Å². The molecule has 0 N–H and O–H groups in total. The number of hydrogen-bond acceptors (Lipinski definition) is 2. The second-order valence-corrected chi connectivity index (χ2v) is 43.9. The molecule has 6 aromatic heterocycles. The Morgan fingerprint density at radius 2 is 0.472 bits per heavy atom. The van der Waals surface area contributed by atoms with Crippen LogP contribution in [0.15, 0.2) is 279 Å². The maximum Gasteiger partial charge on any atom is 0.252 e. The van der Waals surface area contributed by atoms with Gasteiger partial charge in [0.25, 0.3) is 6.71 Å². The monoisotopic (exact) mass is 1620 g/mol. The number of benzene rings is 15. The highest BCUT2D eigenvalue weighted by molar-refractivity contribution is 7.00. The van der Waals surface area contributed by atoms with Crippen LogP contribution >= 0.6 is 0 Å². The van der Waals surface area contributed by atoms with Crippen molar-refractivity contribution in [2.45, 2.75) is 183 Å². The molecule has 8 heterocycles. The van der Waals surface area contributed by atoms with Gasteiger partial charge in [0.05, 0.1) is 66.5 Å². The van der Waals surface area contributed by atoms with Crippen LogP contribution in [-0.2, 0) is 37.9 Å². The summed E-state index contributed by atoms with van der Waals surface area (Å²) >= 11 is 0. The molecule has 15 aromatic carbocycles. The predicted molar refractivity (Wildman–Crippen MR) is 540 cm³/mol. The van der Waals surface area contributed by atoms with E-state index in [1.54, 1.807) is 0 Å². The Morgan fingerprint density at radius 3 is 0.760 bits per heavy atom. The molecule has 0 atom stereocenters. The maximum absolute atomic E-state index is 2.76. The molecule has 0 fully saturated rings. The van der Waals surface area contributed by atoms with Crippen molar-refractivity contribution >= 4 is 177 Å². The normalized spacial score (nSPS) is 13.9. The summed E-state index contributed by atoms with van der Waals surface area (Å²) in [5, 5.41) is 15.1. The van der Waals surface area contributed by atoms with Crippen molar-refractivity contribution in [1.82, 2.24) is 17.9 Å². The number of anilines is 6. The summed E-state index contributed by atoms with van der Waals surface area (Å²) < 4.78 is 10.2. The first-order valence-corrected chi connectivity index (χ1v) is 45.3. The van der Waals surface area contributed by atoms with E-state index in [0.717, 1.165) is 34.1 Å². The maximum atomic E-state index is 2.76. The van der Waals surface area contributed by atoms with Gasteiger partial charge in [0.2, 0.25) is 0 Å². The number of rotatable bonds is 6. The van der Waals surface area contributed by atoms with Crippen LogP contribution in [0.25, 0.3) is 153 Å². The predicted octanol–water partition coefficient (Wildman–Crippen LogP) is 30.7. The molecule has 0 radical (unpaired) electrons. The van der Waals surface area contributed by atoms with Crippen molar-refractivity contribution in [2.24, 2.45) is 0 Å². The van der Waals surface area contributed by atoms with Gasteiger partial charge in [0, 0.05) is 110 Å². The van der Waals surface area contributed by atoms with Crippen LogP contribution in [0.4, 0.5) is 34.1 Å². The largest absolute Gasteiger partial charge is 0.311 e. The van der Waals surface area contributed by atoms with Gasteiger partial charge < -0.3 is 27.7 Å². The van der Waals surface area contributed by atoms with E-state index < -0.39 is 0 Å². The summed E-state index contributed by atoms with van der Waals surface area (Å²) in [6.45, 7) is 49.5. The molecule has 2 aliphatic heterocycles. The van der Waals surface area contributed by atoms with Crippen molar-refractivity contribution < 1.29 is 0 Å². The molecule has 0 aliphatic carbocycles. The third kappa shape index (κ3) is 11.4. The minimum Gasteiger partial charge on any atom is -0.311 e. The summed E-state index contributed by atoms with van der Waals surface area (Å²) in [6.07, 6.45) is 0. The third-order valence-corrected chi connectivity index (χ3v) is 28.7. The van der Waals surface area contributed by atoms with E-state index in [-0.39, 0.29) is 44.6 Å². The first-order chi connectivity index (χ1) is 59.4. The van der Waals surface area contributed by atoms with Crippen LogP contribution in [-0.4, -0.2) is 24.6 Å². The summed E-state index contributed by atoms with van der Waals surface area (Å²) in [7, 11) is 0. The molecule has 125 heavy (non-hydrogen) atoms. The fraction of sp³-hybridized carbons (Fsp3) is 0.237. The van der Waals surface area contributed by atoms with Crippen molar-refractivity contribution in [3.8, 4) is 33.6 Å². The number of nitrogens with zero attached hydrogens (tertiary/aromatic N) is 6. The lowest BCUT2D eigenvalue weighted by Gasteiger charge is -2.46. The Balaban J connectivity index is 0.869. The van der Waals surface area contributed by atoms with Gasteiger partial charge in [-0.15, -0.1) is 0 Å². The van der Waals surface area contributed by atoms with E-state index in [0.29, 0.717) is 0 Å². The summed E-state index contributed by atoms with van der Waals surface area (Å²) in [5.74, 6) is 0. The Labute approximate surface area is 734 Å². The van der Waals surface area contributed by atoms with E-state index in [9.17, 15) is 0 Å². The molecule has 0 unspecified atom stereocenters. The van der Waals surface area contributed by atoms with Crippen LogP contribution in [0.2, 0.25) is 0 Å². The molecule has 614 valence electrons. The molecule has 0 saturated carbocycles. The van der Waals surface area contributed by atoms with Gasteiger partial charge in [-0.3, -0.25) is 0 Å². The standard InChI is InChI=1S/C118H109BN6/c1-112(2,3)70-38-48-99(83(58-70)68-54-89-79-30-22-26-34-95(79)124-96-35-27-23-31-80(96)90(55-68)110(89)124)122-105-66-77(120-101-50-40-72(114(7,8)9)60-85(101)86-61-73(115(10,11)12)41-51-102(86)120)44-46-93(105)119-94-47-45-78(121-103-52-42-74(116(13,14)15)62-87(103)88-63-75(117(16,17)18)43-53-104(88)121)67-106(94)123(108-65-76(118(19,20)21)64-107(122)109(108)119)100-49-39-71(113(4,5)6)59-84(100)69-56-91-81-32-24-28-36-97(81)125-98-37-29-25-33-82(98)92(57-69)111(91)125/h22-67H,1-21H3. The molecule has 0 saturated heterocycles. The van der Waals surface area contributed by atoms with Gasteiger partial charge in [-0.25, -0.2) is 0 Å². The Bertz CT molecular complexity index is 7430. The smallest absolute Gasteiger partial charge is 0.252 e. The van der Waals surface area contributed by atoms with Gasteiger partial charge in [0.15, 0.2) is 0 Å². The fourth-order valence-corrected chi connectivity index (χ4v) is 21.7. The van der Waals surface area contributed by atoms with Gasteiger partial charge in [0.1, 0.15) is 0 Å². The topological polar surface area (TPSA) is 25.2 Å². The number of aromatic nitrogens is 4. The quantitative estimate of drug-likeness (QED) is 0.155. The van der Waals surface area contributed by atoms with Crippen LogP contribution in [0.3, 0.4) is 0 Å². The van der Waals surface area contributed by atoms with Crippen molar-refractivity contribution in [3.05, 3.63) is 318 Å². The summed E-state index contributed by atoms with van der Waals surface area (Å²) in [5.41, 5.74) is 37.9. The number of para-hydroxylation sites is 4. The average Bonchev–Trinajstić information content (AvgIpc) is 1.68. The molecular formula is C118H109BN6. The lowest BCUT2D eigenvalue weighted by atomic mass is 9.33. The van der Waals surface area contributed by atoms with Crippen LogP contribution < -0.4 is 26.2 Å². The minimum absolute atomic E-state index is 0.0711.